The lowest BCUT2D eigenvalue weighted by Crippen LogP contribution is -2.07. The van der Waals surface area contributed by atoms with Crippen molar-refractivity contribution in [3.8, 4) is 0 Å². The molecule has 0 aromatic carbocycles. The molecule has 1 aromatic rings. The summed E-state index contributed by atoms with van der Waals surface area (Å²) in [6.45, 7) is 6.87. The van der Waals surface area contributed by atoms with E-state index in [-0.39, 0.29) is 0 Å². The average molecular weight is 375 g/mol. The molecule has 0 atom stereocenters. The molecule has 0 unspecified atom stereocenters. The molecule has 0 aliphatic heterocycles. The highest BCUT2D eigenvalue weighted by molar-refractivity contribution is 7.12. The smallest absolute Gasteiger partial charge is 0.142 e. The first-order valence-electron chi connectivity index (χ1n) is 11.0. The van der Waals surface area contributed by atoms with Crippen LogP contribution in [0.1, 0.15) is 124 Å². The molecule has 2 heteroatoms. The Labute approximate surface area is 165 Å². The molecule has 0 saturated heterocycles. The molecule has 1 saturated carbocycles. The summed E-state index contributed by atoms with van der Waals surface area (Å²) in [5.41, 5.74) is 3.01. The molecule has 1 heterocycles. The number of hydrogen-bond donors (Lipinski definition) is 0. The molecule has 0 N–H and O–H groups in total. The van der Waals surface area contributed by atoms with Crippen molar-refractivity contribution in [2.45, 2.75) is 110 Å². The van der Waals surface area contributed by atoms with Crippen LogP contribution in [-0.4, -0.2) is 6.29 Å². The van der Waals surface area contributed by atoms with Crippen LogP contribution in [0.4, 0.5) is 0 Å². The molecule has 1 aromatic heterocycles. The maximum atomic E-state index is 11.0. The lowest BCUT2D eigenvalue weighted by Gasteiger charge is -2.24. The standard InChI is InChI=1S/C24H38OS/c1-4-5-6-7-8-12-17-22-23(20-14-10-9-11-15-20)21(16-13-18-25)24(26-22)19(2)3/h13,16,18-20H,4-12,14-15,17H2,1-3H3/b16-13+. The van der Waals surface area contributed by atoms with Gasteiger partial charge in [0.1, 0.15) is 6.29 Å². The van der Waals surface area contributed by atoms with Gasteiger partial charge in [0.25, 0.3) is 0 Å². The Morgan fingerprint density at radius 2 is 1.73 bits per heavy atom. The number of hydrogen-bond acceptors (Lipinski definition) is 2. The summed E-state index contributed by atoms with van der Waals surface area (Å²) in [7, 11) is 0. The van der Waals surface area contributed by atoms with Crippen molar-refractivity contribution in [1.82, 2.24) is 0 Å². The minimum Gasteiger partial charge on any atom is -0.299 e. The van der Waals surface area contributed by atoms with Crippen molar-refractivity contribution in [1.29, 1.82) is 0 Å². The molecule has 0 spiro atoms. The monoisotopic (exact) mass is 374 g/mol. The van der Waals surface area contributed by atoms with Crippen LogP contribution in [0.5, 0.6) is 0 Å². The Balaban J connectivity index is 2.20. The van der Waals surface area contributed by atoms with E-state index in [1.165, 1.54) is 87.5 Å². The van der Waals surface area contributed by atoms with Gasteiger partial charge in [0.2, 0.25) is 0 Å². The SMILES string of the molecule is CCCCCCCCc1sc(C(C)C)c(/C=C/C=O)c1C1CCCCC1. The Morgan fingerprint density at radius 1 is 1.04 bits per heavy atom. The highest BCUT2D eigenvalue weighted by Crippen LogP contribution is 2.44. The normalized spacial score (nSPS) is 16.0. The Morgan fingerprint density at radius 3 is 2.38 bits per heavy atom. The number of rotatable bonds is 11. The van der Waals surface area contributed by atoms with Gasteiger partial charge in [-0.1, -0.05) is 78.2 Å². The molecular formula is C24H38OS. The summed E-state index contributed by atoms with van der Waals surface area (Å²) < 4.78 is 0. The zero-order chi connectivity index (χ0) is 18.8. The molecule has 26 heavy (non-hydrogen) atoms. The first kappa shape index (κ1) is 21.4. The van der Waals surface area contributed by atoms with Crippen LogP contribution < -0.4 is 0 Å². The number of aldehydes is 1. The maximum Gasteiger partial charge on any atom is 0.142 e. The van der Waals surface area contributed by atoms with Gasteiger partial charge in [0.05, 0.1) is 0 Å². The second kappa shape index (κ2) is 11.7. The first-order chi connectivity index (χ1) is 12.7. The van der Waals surface area contributed by atoms with Crippen molar-refractivity contribution >= 4 is 23.7 Å². The van der Waals surface area contributed by atoms with E-state index in [0.29, 0.717) is 11.8 Å². The molecule has 1 aliphatic rings. The van der Waals surface area contributed by atoms with Crippen molar-refractivity contribution in [2.75, 3.05) is 0 Å². The Bertz CT molecular complexity index is 561. The van der Waals surface area contributed by atoms with Crippen LogP contribution in [0, 0.1) is 0 Å². The van der Waals surface area contributed by atoms with Crippen LogP contribution >= 0.6 is 11.3 Å². The van der Waals surface area contributed by atoms with E-state index in [2.05, 4.69) is 26.8 Å². The lowest BCUT2D eigenvalue weighted by molar-refractivity contribution is -0.104. The molecule has 0 radical (unpaired) electrons. The minimum atomic E-state index is 0.534. The first-order valence-corrected chi connectivity index (χ1v) is 11.8. The predicted molar refractivity (Wildman–Crippen MR) is 116 cm³/mol. The van der Waals surface area contributed by atoms with Gasteiger partial charge in [0, 0.05) is 9.75 Å². The van der Waals surface area contributed by atoms with Crippen molar-refractivity contribution < 1.29 is 4.79 Å². The maximum absolute atomic E-state index is 11.0. The molecule has 146 valence electrons. The Hall–Kier alpha value is -0.890. The van der Waals surface area contributed by atoms with Crippen molar-refractivity contribution in [3.63, 3.8) is 0 Å². The van der Waals surface area contributed by atoms with Crippen LogP contribution in [-0.2, 0) is 11.2 Å². The number of unbranched alkanes of at least 4 members (excludes halogenated alkanes) is 5. The molecule has 0 bridgehead atoms. The zero-order valence-corrected chi connectivity index (χ0v) is 18.0. The molecule has 2 rings (SSSR count). The third kappa shape index (κ3) is 6.08. The number of allylic oxidation sites excluding steroid dienone is 1. The van der Waals surface area contributed by atoms with E-state index in [4.69, 9.17) is 0 Å². The molecule has 1 fully saturated rings. The molecule has 1 aliphatic carbocycles. The third-order valence-electron chi connectivity index (χ3n) is 5.73. The molecule has 1 nitrogen and oxygen atoms in total. The van der Waals surface area contributed by atoms with Gasteiger partial charge in [-0.15, -0.1) is 11.3 Å². The van der Waals surface area contributed by atoms with E-state index in [9.17, 15) is 4.79 Å². The average Bonchev–Trinajstić information content (AvgIpc) is 3.02. The second-order valence-corrected chi connectivity index (χ2v) is 9.36. The fourth-order valence-corrected chi connectivity index (χ4v) is 5.77. The van der Waals surface area contributed by atoms with Crippen LogP contribution in [0.3, 0.4) is 0 Å². The van der Waals surface area contributed by atoms with E-state index in [0.717, 1.165) is 6.29 Å². The van der Waals surface area contributed by atoms with Crippen molar-refractivity contribution in [3.05, 3.63) is 27.0 Å². The van der Waals surface area contributed by atoms with Gasteiger partial charge in [-0.3, -0.25) is 4.79 Å². The summed E-state index contributed by atoms with van der Waals surface area (Å²) in [4.78, 5) is 14.1. The highest BCUT2D eigenvalue weighted by Gasteiger charge is 2.25. The summed E-state index contributed by atoms with van der Waals surface area (Å²) >= 11 is 2.04. The van der Waals surface area contributed by atoms with E-state index >= 15 is 0 Å². The summed E-state index contributed by atoms with van der Waals surface area (Å²) in [5.74, 6) is 1.25. The fraction of sp³-hybridized carbons (Fsp3) is 0.708. The number of thiophene rings is 1. The topological polar surface area (TPSA) is 17.1 Å². The number of carbonyl (C=O) groups excluding carboxylic acids is 1. The van der Waals surface area contributed by atoms with Gasteiger partial charge >= 0.3 is 0 Å². The third-order valence-corrected chi connectivity index (χ3v) is 7.31. The van der Waals surface area contributed by atoms with Gasteiger partial charge in [-0.2, -0.15) is 0 Å². The summed E-state index contributed by atoms with van der Waals surface area (Å²) in [6, 6.07) is 0. The Kier molecular flexibility index (Phi) is 9.67. The molecule has 0 amide bonds. The predicted octanol–water partition coefficient (Wildman–Crippen LogP) is 8.03. The van der Waals surface area contributed by atoms with Crippen LogP contribution in [0.25, 0.3) is 6.08 Å². The van der Waals surface area contributed by atoms with Crippen molar-refractivity contribution in [2.24, 2.45) is 0 Å². The number of carbonyl (C=O) groups is 1. The van der Waals surface area contributed by atoms with E-state index in [1.807, 2.05) is 11.3 Å². The van der Waals surface area contributed by atoms with Gasteiger partial charge < -0.3 is 0 Å². The van der Waals surface area contributed by atoms with Gasteiger partial charge in [-0.05, 0) is 54.7 Å². The van der Waals surface area contributed by atoms with Gasteiger partial charge in [-0.25, -0.2) is 0 Å². The van der Waals surface area contributed by atoms with E-state index < -0.39 is 0 Å². The largest absolute Gasteiger partial charge is 0.299 e. The molecular weight excluding hydrogens is 336 g/mol. The fourth-order valence-electron chi connectivity index (χ4n) is 4.35. The zero-order valence-electron chi connectivity index (χ0n) is 17.2. The summed E-state index contributed by atoms with van der Waals surface area (Å²) in [5, 5.41) is 0. The lowest BCUT2D eigenvalue weighted by atomic mass is 9.81. The summed E-state index contributed by atoms with van der Waals surface area (Å²) in [6.07, 6.45) is 20.9. The quantitative estimate of drug-likeness (QED) is 0.217. The highest BCUT2D eigenvalue weighted by atomic mass is 32.1. The number of aryl methyl sites for hydroxylation is 1. The van der Waals surface area contributed by atoms with E-state index in [1.54, 1.807) is 16.5 Å². The minimum absolute atomic E-state index is 0.534. The van der Waals surface area contributed by atoms with Gasteiger partial charge in [0.15, 0.2) is 0 Å². The van der Waals surface area contributed by atoms with Crippen LogP contribution in [0.2, 0.25) is 0 Å². The van der Waals surface area contributed by atoms with Crippen LogP contribution in [0.15, 0.2) is 6.08 Å². The second-order valence-electron chi connectivity index (χ2n) is 8.22.